The van der Waals surface area contributed by atoms with Gasteiger partial charge in [0.2, 0.25) is 5.91 Å². The fraction of sp³-hybridized carbons (Fsp3) is 0.286. The van der Waals surface area contributed by atoms with Crippen LogP contribution in [0.15, 0.2) is 28.4 Å². The zero-order valence-electron chi connectivity index (χ0n) is 11.2. The van der Waals surface area contributed by atoms with E-state index in [1.165, 1.54) is 6.20 Å². The second kappa shape index (κ2) is 6.09. The van der Waals surface area contributed by atoms with Crippen molar-refractivity contribution in [1.82, 2.24) is 5.32 Å². The summed E-state index contributed by atoms with van der Waals surface area (Å²) < 4.78 is 6.02. The van der Waals surface area contributed by atoms with Crippen molar-refractivity contribution >= 4 is 33.4 Å². The van der Waals surface area contributed by atoms with Crippen LogP contribution in [-0.2, 0) is 9.59 Å². The molecule has 2 rings (SSSR count). The molecule has 5 nitrogen and oxygen atoms in total. The maximum Gasteiger partial charge on any atom is 0.253 e. The van der Waals surface area contributed by atoms with E-state index in [1.54, 1.807) is 13.2 Å². The first-order valence-electron chi connectivity index (χ1n) is 6.15. The van der Waals surface area contributed by atoms with Crippen molar-refractivity contribution in [3.8, 4) is 5.75 Å². The molecule has 0 atom stereocenters. The molecule has 1 aliphatic rings. The predicted molar refractivity (Wildman–Crippen MR) is 79.5 cm³/mol. The number of aryl methyl sites for hydroxylation is 1. The Morgan fingerprint density at radius 3 is 2.75 bits per heavy atom. The van der Waals surface area contributed by atoms with Gasteiger partial charge in [-0.3, -0.25) is 9.59 Å². The summed E-state index contributed by atoms with van der Waals surface area (Å²) in [7, 11) is 1.58. The largest absolute Gasteiger partial charge is 0.496 e. The van der Waals surface area contributed by atoms with Crippen LogP contribution in [0.5, 0.6) is 5.75 Å². The van der Waals surface area contributed by atoms with Crippen molar-refractivity contribution in [2.75, 3.05) is 12.4 Å². The summed E-state index contributed by atoms with van der Waals surface area (Å²) in [5, 5.41) is 5.36. The fourth-order valence-electron chi connectivity index (χ4n) is 1.91. The van der Waals surface area contributed by atoms with Crippen molar-refractivity contribution in [2.45, 2.75) is 19.8 Å². The molecular formula is C14H15BrN2O3. The molecule has 0 aromatic heterocycles. The van der Waals surface area contributed by atoms with Gasteiger partial charge in [0.1, 0.15) is 5.75 Å². The molecule has 2 amide bonds. The summed E-state index contributed by atoms with van der Waals surface area (Å²) in [6, 6.07) is 3.64. The van der Waals surface area contributed by atoms with Crippen LogP contribution in [-0.4, -0.2) is 18.9 Å². The fourth-order valence-corrected chi connectivity index (χ4v) is 2.47. The first-order valence-corrected chi connectivity index (χ1v) is 6.94. The standard InChI is InChI=1S/C14H15BrN2O3/c1-8-5-10(15)11(6-12(8)20-2)17-14(19)9-3-4-13(18)16-7-9/h5-7H,3-4H2,1-2H3,(H,16,18)(H,17,19). The number of hydrogen-bond donors (Lipinski definition) is 2. The lowest BCUT2D eigenvalue weighted by Crippen LogP contribution is -2.26. The van der Waals surface area contributed by atoms with E-state index < -0.39 is 0 Å². The van der Waals surface area contributed by atoms with E-state index in [2.05, 4.69) is 26.6 Å². The molecule has 0 fully saturated rings. The summed E-state index contributed by atoms with van der Waals surface area (Å²) in [5.74, 6) is 0.408. The van der Waals surface area contributed by atoms with Crippen molar-refractivity contribution in [3.05, 3.63) is 33.9 Å². The first kappa shape index (κ1) is 14.6. The van der Waals surface area contributed by atoms with E-state index in [0.29, 0.717) is 29.9 Å². The van der Waals surface area contributed by atoms with Crippen LogP contribution < -0.4 is 15.4 Å². The minimum atomic E-state index is -0.225. The Hall–Kier alpha value is -1.82. The topological polar surface area (TPSA) is 67.4 Å². The average molecular weight is 339 g/mol. The molecule has 0 radical (unpaired) electrons. The second-order valence-corrected chi connectivity index (χ2v) is 5.35. The molecule has 1 aromatic rings. The van der Waals surface area contributed by atoms with Crippen molar-refractivity contribution in [1.29, 1.82) is 0 Å². The minimum Gasteiger partial charge on any atom is -0.496 e. The van der Waals surface area contributed by atoms with Gasteiger partial charge in [0.25, 0.3) is 5.91 Å². The third-order valence-electron chi connectivity index (χ3n) is 3.05. The Bertz CT molecular complexity index is 596. The third-order valence-corrected chi connectivity index (χ3v) is 3.71. The van der Waals surface area contributed by atoms with E-state index in [0.717, 1.165) is 10.0 Å². The van der Waals surface area contributed by atoms with Gasteiger partial charge in [0.15, 0.2) is 0 Å². The summed E-state index contributed by atoms with van der Waals surface area (Å²) in [5.41, 5.74) is 2.16. The third kappa shape index (κ3) is 3.19. The van der Waals surface area contributed by atoms with Gasteiger partial charge in [-0.15, -0.1) is 0 Å². The minimum absolute atomic E-state index is 0.0697. The zero-order valence-corrected chi connectivity index (χ0v) is 12.8. The molecular weight excluding hydrogens is 324 g/mol. The molecule has 0 saturated carbocycles. The maximum absolute atomic E-state index is 12.1. The predicted octanol–water partition coefficient (Wildman–Crippen LogP) is 2.50. The van der Waals surface area contributed by atoms with Gasteiger partial charge < -0.3 is 15.4 Å². The molecule has 0 spiro atoms. The number of methoxy groups -OCH3 is 1. The van der Waals surface area contributed by atoms with E-state index in [1.807, 2.05) is 13.0 Å². The van der Waals surface area contributed by atoms with Gasteiger partial charge in [0, 0.05) is 28.7 Å². The quantitative estimate of drug-likeness (QED) is 0.889. The number of hydrogen-bond acceptors (Lipinski definition) is 3. The molecule has 6 heteroatoms. The molecule has 2 N–H and O–H groups in total. The summed E-state index contributed by atoms with van der Waals surface area (Å²) in [6.07, 6.45) is 2.23. The first-order chi connectivity index (χ1) is 9.51. The van der Waals surface area contributed by atoms with Crippen molar-refractivity contribution in [3.63, 3.8) is 0 Å². The number of carbonyl (C=O) groups is 2. The summed E-state index contributed by atoms with van der Waals surface area (Å²) in [6.45, 7) is 1.92. The van der Waals surface area contributed by atoms with Crippen LogP contribution in [0.1, 0.15) is 18.4 Å². The average Bonchev–Trinajstić information content (AvgIpc) is 2.42. The Labute approximate surface area is 125 Å². The number of nitrogens with one attached hydrogen (secondary N) is 2. The number of halogens is 1. The van der Waals surface area contributed by atoms with Gasteiger partial charge in [-0.2, -0.15) is 0 Å². The van der Waals surface area contributed by atoms with Crippen molar-refractivity contribution in [2.24, 2.45) is 0 Å². The van der Waals surface area contributed by atoms with Gasteiger partial charge in [-0.1, -0.05) is 0 Å². The number of carbonyl (C=O) groups excluding carboxylic acids is 2. The summed E-state index contributed by atoms with van der Waals surface area (Å²) >= 11 is 3.41. The lowest BCUT2D eigenvalue weighted by molar-refractivity contribution is -0.120. The van der Waals surface area contributed by atoms with Gasteiger partial charge in [-0.25, -0.2) is 0 Å². The number of amides is 2. The highest BCUT2D eigenvalue weighted by Crippen LogP contribution is 2.31. The monoisotopic (exact) mass is 338 g/mol. The van der Waals surface area contributed by atoms with Gasteiger partial charge >= 0.3 is 0 Å². The van der Waals surface area contributed by atoms with E-state index in [-0.39, 0.29) is 11.8 Å². The van der Waals surface area contributed by atoms with Crippen LogP contribution >= 0.6 is 15.9 Å². The molecule has 20 heavy (non-hydrogen) atoms. The number of rotatable bonds is 3. The highest BCUT2D eigenvalue weighted by atomic mass is 79.9. The Morgan fingerprint density at radius 1 is 1.40 bits per heavy atom. The summed E-state index contributed by atoms with van der Waals surface area (Å²) in [4.78, 5) is 23.2. The van der Waals surface area contributed by atoms with Crippen LogP contribution in [0.3, 0.4) is 0 Å². The molecule has 0 unspecified atom stereocenters. The molecule has 106 valence electrons. The molecule has 1 aliphatic heterocycles. The number of ether oxygens (including phenoxy) is 1. The normalized spacial score (nSPS) is 14.3. The molecule has 0 bridgehead atoms. The van der Waals surface area contributed by atoms with Crippen LogP contribution in [0.25, 0.3) is 0 Å². The van der Waals surface area contributed by atoms with Gasteiger partial charge in [-0.05, 0) is 40.9 Å². The smallest absolute Gasteiger partial charge is 0.253 e. The van der Waals surface area contributed by atoms with E-state index >= 15 is 0 Å². The maximum atomic E-state index is 12.1. The molecule has 0 saturated heterocycles. The second-order valence-electron chi connectivity index (χ2n) is 4.49. The highest BCUT2D eigenvalue weighted by Gasteiger charge is 2.17. The van der Waals surface area contributed by atoms with E-state index in [4.69, 9.17) is 4.74 Å². The van der Waals surface area contributed by atoms with Gasteiger partial charge in [0.05, 0.1) is 12.8 Å². The molecule has 1 aromatic carbocycles. The van der Waals surface area contributed by atoms with Crippen LogP contribution in [0.4, 0.5) is 5.69 Å². The van der Waals surface area contributed by atoms with Crippen molar-refractivity contribution < 1.29 is 14.3 Å². The lowest BCUT2D eigenvalue weighted by atomic mass is 10.1. The zero-order chi connectivity index (χ0) is 14.7. The highest BCUT2D eigenvalue weighted by molar-refractivity contribution is 9.10. The Kier molecular flexibility index (Phi) is 4.44. The molecule has 1 heterocycles. The molecule has 0 aliphatic carbocycles. The Morgan fingerprint density at radius 2 is 2.15 bits per heavy atom. The lowest BCUT2D eigenvalue weighted by Gasteiger charge is -2.15. The van der Waals surface area contributed by atoms with Crippen LogP contribution in [0, 0.1) is 6.92 Å². The number of benzene rings is 1. The Balaban J connectivity index is 2.17. The van der Waals surface area contributed by atoms with Crippen LogP contribution in [0.2, 0.25) is 0 Å². The SMILES string of the molecule is COc1cc(NC(=O)C2=CNC(=O)CC2)c(Br)cc1C. The van der Waals surface area contributed by atoms with E-state index in [9.17, 15) is 9.59 Å². The number of anilines is 1.